The molecule has 2 saturated heterocycles. The first-order chi connectivity index (χ1) is 11.7. The average molecular weight is 347 g/mol. The van der Waals surface area contributed by atoms with Crippen LogP contribution in [0.5, 0.6) is 0 Å². The summed E-state index contributed by atoms with van der Waals surface area (Å²) < 4.78 is 5.44. The molecule has 2 aliphatic heterocycles. The predicted octanol–water partition coefficient (Wildman–Crippen LogP) is 2.61. The third-order valence-electron chi connectivity index (χ3n) is 4.53. The fraction of sp³-hybridized carbons (Fsp3) is 0.529. The molecule has 2 aliphatic rings. The van der Waals surface area contributed by atoms with Crippen LogP contribution in [0.2, 0.25) is 0 Å². The minimum absolute atomic E-state index is 0.0227. The Morgan fingerprint density at radius 3 is 2.56 bits per heavy atom. The van der Waals surface area contributed by atoms with E-state index in [-0.39, 0.29) is 23.9 Å². The SMILES string of the molecule is CC(C)(C)OC(=O)N1CC2CC1CN2c1ccc([N+](=O)[O-])cc1C=O. The number of carbonyl (C=O) groups is 2. The maximum Gasteiger partial charge on any atom is 0.410 e. The number of non-ortho nitro benzene ring substituents is 1. The van der Waals surface area contributed by atoms with Crippen molar-refractivity contribution in [1.29, 1.82) is 0 Å². The van der Waals surface area contributed by atoms with Crippen LogP contribution < -0.4 is 4.90 Å². The summed E-state index contributed by atoms with van der Waals surface area (Å²) >= 11 is 0. The van der Waals surface area contributed by atoms with E-state index in [0.717, 1.165) is 6.42 Å². The van der Waals surface area contributed by atoms with E-state index in [2.05, 4.69) is 4.90 Å². The van der Waals surface area contributed by atoms with Gasteiger partial charge in [-0.15, -0.1) is 0 Å². The topological polar surface area (TPSA) is 93.0 Å². The van der Waals surface area contributed by atoms with Crippen molar-refractivity contribution in [2.75, 3.05) is 18.0 Å². The number of fused-ring (bicyclic) bond motifs is 2. The van der Waals surface area contributed by atoms with Crippen molar-refractivity contribution in [2.45, 2.75) is 44.9 Å². The Hall–Kier alpha value is -2.64. The van der Waals surface area contributed by atoms with E-state index in [4.69, 9.17) is 4.74 Å². The van der Waals surface area contributed by atoms with E-state index in [1.54, 1.807) is 11.0 Å². The number of nitro benzene ring substituents is 1. The van der Waals surface area contributed by atoms with Gasteiger partial charge in [-0.25, -0.2) is 4.79 Å². The van der Waals surface area contributed by atoms with E-state index in [1.807, 2.05) is 20.8 Å². The van der Waals surface area contributed by atoms with Crippen LogP contribution in [-0.4, -0.2) is 53.0 Å². The number of hydrogen-bond donors (Lipinski definition) is 0. The van der Waals surface area contributed by atoms with Gasteiger partial charge in [0.15, 0.2) is 6.29 Å². The highest BCUT2D eigenvalue weighted by Gasteiger charge is 2.47. The number of ether oxygens (including phenoxy) is 1. The highest BCUT2D eigenvalue weighted by Crippen LogP contribution is 2.37. The second-order valence-corrected chi connectivity index (χ2v) is 7.45. The number of likely N-dealkylation sites (tertiary alicyclic amines) is 1. The summed E-state index contributed by atoms with van der Waals surface area (Å²) in [5.74, 6) is 0. The molecule has 0 saturated carbocycles. The number of nitrogens with zero attached hydrogens (tertiary/aromatic N) is 3. The van der Waals surface area contributed by atoms with Crippen LogP contribution in [0.1, 0.15) is 37.6 Å². The van der Waals surface area contributed by atoms with Crippen LogP contribution in [0.25, 0.3) is 0 Å². The van der Waals surface area contributed by atoms with E-state index >= 15 is 0 Å². The number of benzene rings is 1. The van der Waals surface area contributed by atoms with Crippen LogP contribution in [0, 0.1) is 10.1 Å². The molecule has 134 valence electrons. The van der Waals surface area contributed by atoms with E-state index < -0.39 is 10.5 Å². The third-order valence-corrected chi connectivity index (χ3v) is 4.53. The second kappa shape index (κ2) is 6.02. The van der Waals surface area contributed by atoms with E-state index in [1.165, 1.54) is 12.1 Å². The summed E-state index contributed by atoms with van der Waals surface area (Å²) in [6, 6.07) is 4.41. The Morgan fingerprint density at radius 2 is 2.04 bits per heavy atom. The predicted molar refractivity (Wildman–Crippen MR) is 91.0 cm³/mol. The first-order valence-electron chi connectivity index (χ1n) is 8.19. The molecule has 8 nitrogen and oxygen atoms in total. The summed E-state index contributed by atoms with van der Waals surface area (Å²) in [5, 5.41) is 10.9. The molecule has 2 fully saturated rings. The van der Waals surface area contributed by atoms with E-state index in [0.29, 0.717) is 30.6 Å². The van der Waals surface area contributed by atoms with Crippen molar-refractivity contribution in [3.05, 3.63) is 33.9 Å². The molecule has 3 rings (SSSR count). The summed E-state index contributed by atoms with van der Waals surface area (Å²) in [7, 11) is 0. The molecule has 2 unspecified atom stereocenters. The Balaban J connectivity index is 1.76. The summed E-state index contributed by atoms with van der Waals surface area (Å²) in [6.07, 6.45) is 1.12. The van der Waals surface area contributed by atoms with Gasteiger partial charge >= 0.3 is 6.09 Å². The van der Waals surface area contributed by atoms with Crippen LogP contribution in [-0.2, 0) is 4.74 Å². The highest BCUT2D eigenvalue weighted by atomic mass is 16.6. The maximum atomic E-state index is 12.3. The van der Waals surface area contributed by atoms with Crippen LogP contribution in [0.3, 0.4) is 0 Å². The van der Waals surface area contributed by atoms with Gasteiger partial charge in [0.05, 0.1) is 11.0 Å². The lowest BCUT2D eigenvalue weighted by molar-refractivity contribution is -0.384. The van der Waals surface area contributed by atoms with Gasteiger partial charge in [-0.2, -0.15) is 0 Å². The average Bonchev–Trinajstić information content (AvgIpc) is 3.12. The molecule has 0 N–H and O–H groups in total. The molecule has 25 heavy (non-hydrogen) atoms. The Morgan fingerprint density at radius 1 is 1.32 bits per heavy atom. The highest BCUT2D eigenvalue weighted by molar-refractivity contribution is 5.86. The first kappa shape index (κ1) is 17.2. The van der Waals surface area contributed by atoms with Crippen molar-refractivity contribution in [3.8, 4) is 0 Å². The number of amides is 1. The summed E-state index contributed by atoms with van der Waals surface area (Å²) in [6.45, 7) is 6.60. The monoisotopic (exact) mass is 347 g/mol. The molecular formula is C17H21N3O5. The molecular weight excluding hydrogens is 326 g/mol. The smallest absolute Gasteiger partial charge is 0.410 e. The van der Waals surface area contributed by atoms with Crippen LogP contribution in [0.15, 0.2) is 18.2 Å². The van der Waals surface area contributed by atoms with Gasteiger partial charge in [0, 0.05) is 42.5 Å². The van der Waals surface area contributed by atoms with Crippen molar-refractivity contribution in [1.82, 2.24) is 4.90 Å². The number of anilines is 1. The lowest BCUT2D eigenvalue weighted by atomic mass is 10.1. The van der Waals surface area contributed by atoms with Gasteiger partial charge in [-0.3, -0.25) is 14.9 Å². The van der Waals surface area contributed by atoms with Gasteiger partial charge < -0.3 is 14.5 Å². The van der Waals surface area contributed by atoms with Crippen molar-refractivity contribution >= 4 is 23.8 Å². The molecule has 0 radical (unpaired) electrons. The summed E-state index contributed by atoms with van der Waals surface area (Å²) in [4.78, 5) is 37.8. The Labute approximate surface area is 145 Å². The molecule has 1 aromatic rings. The molecule has 0 aromatic heterocycles. The lowest BCUT2D eigenvalue weighted by Gasteiger charge is -2.36. The molecule has 2 bridgehead atoms. The summed E-state index contributed by atoms with van der Waals surface area (Å²) in [5.41, 5.74) is 0.329. The van der Waals surface area contributed by atoms with Gasteiger partial charge in [0.1, 0.15) is 5.60 Å². The lowest BCUT2D eigenvalue weighted by Crippen LogP contribution is -2.50. The molecule has 0 aliphatic carbocycles. The minimum Gasteiger partial charge on any atom is -0.444 e. The van der Waals surface area contributed by atoms with Crippen LogP contribution in [0.4, 0.5) is 16.2 Å². The zero-order chi connectivity index (χ0) is 18.4. The second-order valence-electron chi connectivity index (χ2n) is 7.45. The van der Waals surface area contributed by atoms with Crippen molar-refractivity contribution < 1.29 is 19.2 Å². The van der Waals surface area contributed by atoms with Crippen molar-refractivity contribution in [3.63, 3.8) is 0 Å². The Bertz CT molecular complexity index is 727. The number of nitro groups is 1. The quantitative estimate of drug-likeness (QED) is 0.474. The van der Waals surface area contributed by atoms with E-state index in [9.17, 15) is 19.7 Å². The zero-order valence-electron chi connectivity index (χ0n) is 14.5. The standard InChI is InChI=1S/C17H21N3O5/c1-17(2,3)25-16(22)19-9-13-7-14(19)8-18(13)15-5-4-12(20(23)24)6-11(15)10-21/h4-6,10,13-14H,7-9H2,1-3H3. The zero-order valence-corrected chi connectivity index (χ0v) is 14.5. The van der Waals surface area contributed by atoms with Gasteiger partial charge in [0.2, 0.25) is 0 Å². The number of piperazine rings is 1. The molecule has 2 atom stereocenters. The normalized spacial score (nSPS) is 22.2. The first-order valence-corrected chi connectivity index (χ1v) is 8.19. The maximum absolute atomic E-state index is 12.3. The largest absolute Gasteiger partial charge is 0.444 e. The molecule has 1 amide bonds. The third kappa shape index (κ3) is 3.29. The van der Waals surface area contributed by atoms with Gasteiger partial charge in [0.25, 0.3) is 5.69 Å². The van der Waals surface area contributed by atoms with Crippen LogP contribution >= 0.6 is 0 Å². The molecule has 0 spiro atoms. The number of hydrogen-bond acceptors (Lipinski definition) is 6. The molecule has 2 heterocycles. The minimum atomic E-state index is -0.540. The molecule has 8 heteroatoms. The van der Waals surface area contributed by atoms with Gasteiger partial charge in [-0.05, 0) is 33.3 Å². The number of rotatable bonds is 3. The molecule has 1 aromatic carbocycles. The van der Waals surface area contributed by atoms with Gasteiger partial charge in [-0.1, -0.05) is 0 Å². The number of carbonyl (C=O) groups excluding carboxylic acids is 2. The fourth-order valence-corrected chi connectivity index (χ4v) is 3.52. The number of aldehydes is 1. The fourth-order valence-electron chi connectivity index (χ4n) is 3.52. The van der Waals surface area contributed by atoms with Crippen molar-refractivity contribution in [2.24, 2.45) is 0 Å². The Kier molecular flexibility index (Phi) is 4.14.